The fraction of sp³-hybridized carbons (Fsp3) is 0.600. The van der Waals surface area contributed by atoms with Crippen molar-refractivity contribution in [2.24, 2.45) is 5.92 Å². The molecule has 0 aromatic carbocycles. The Labute approximate surface area is 89.9 Å². The van der Waals surface area contributed by atoms with Crippen molar-refractivity contribution in [2.75, 3.05) is 11.9 Å². The Morgan fingerprint density at radius 1 is 1.50 bits per heavy atom. The number of nitrogens with one attached hydrogen (secondary N) is 1. The van der Waals surface area contributed by atoms with Crippen LogP contribution in [0.4, 0.5) is 5.82 Å². The van der Waals surface area contributed by atoms with Gasteiger partial charge in [0.1, 0.15) is 5.82 Å². The van der Waals surface area contributed by atoms with E-state index in [1.807, 2.05) is 13.0 Å². The molecule has 0 bridgehead atoms. The van der Waals surface area contributed by atoms with Crippen molar-refractivity contribution in [3.8, 4) is 0 Å². The predicted octanol–water partition coefficient (Wildman–Crippen LogP) is 2.90. The van der Waals surface area contributed by atoms with Crippen LogP contribution in [0.5, 0.6) is 0 Å². The lowest BCUT2D eigenvalue weighted by atomic mass is 10.1. The van der Waals surface area contributed by atoms with Crippen molar-refractivity contribution in [3.63, 3.8) is 0 Å². The van der Waals surface area contributed by atoms with Crippen LogP contribution < -0.4 is 5.32 Å². The van der Waals surface area contributed by atoms with Gasteiger partial charge in [0, 0.05) is 18.3 Å². The molecule has 78 valence electrons. The molecule has 1 N–H and O–H groups in total. The Morgan fingerprint density at radius 3 is 2.79 bits per heavy atom. The molecule has 0 radical (unpaired) electrons. The van der Waals surface area contributed by atoms with Gasteiger partial charge in [0.25, 0.3) is 0 Å². The molecule has 0 aliphatic heterocycles. The highest BCUT2D eigenvalue weighted by Gasteiger charge is 2.01. The molecule has 0 fully saturated rings. The van der Waals surface area contributed by atoms with E-state index in [-0.39, 0.29) is 0 Å². The molecule has 1 atom stereocenters. The van der Waals surface area contributed by atoms with Crippen molar-refractivity contribution in [2.45, 2.75) is 27.2 Å². The lowest BCUT2D eigenvalue weighted by Crippen LogP contribution is -2.11. The molecular formula is C10H16ClN3. The molecule has 1 aromatic rings. The number of rotatable bonds is 4. The summed E-state index contributed by atoms with van der Waals surface area (Å²) in [6, 6.07) is 1.90. The summed E-state index contributed by atoms with van der Waals surface area (Å²) in [6.45, 7) is 7.19. The smallest absolute Gasteiger partial charge is 0.224 e. The summed E-state index contributed by atoms with van der Waals surface area (Å²) in [5.41, 5.74) is 0.886. The van der Waals surface area contributed by atoms with Gasteiger partial charge >= 0.3 is 0 Å². The average Bonchev–Trinajstić information content (AvgIpc) is 2.12. The Balaban J connectivity index is 2.58. The van der Waals surface area contributed by atoms with E-state index < -0.39 is 0 Å². The van der Waals surface area contributed by atoms with E-state index in [0.29, 0.717) is 11.2 Å². The van der Waals surface area contributed by atoms with Gasteiger partial charge in [-0.1, -0.05) is 20.3 Å². The summed E-state index contributed by atoms with van der Waals surface area (Å²) >= 11 is 5.74. The first kappa shape index (κ1) is 11.2. The highest BCUT2D eigenvalue weighted by molar-refractivity contribution is 6.28. The van der Waals surface area contributed by atoms with E-state index in [9.17, 15) is 0 Å². The van der Waals surface area contributed by atoms with Crippen LogP contribution in [0.15, 0.2) is 6.07 Å². The molecule has 0 aliphatic rings. The number of hydrogen-bond donors (Lipinski definition) is 1. The third-order valence-corrected chi connectivity index (χ3v) is 2.32. The van der Waals surface area contributed by atoms with E-state index >= 15 is 0 Å². The highest BCUT2D eigenvalue weighted by atomic mass is 35.5. The summed E-state index contributed by atoms with van der Waals surface area (Å²) in [7, 11) is 0. The van der Waals surface area contributed by atoms with Crippen LogP contribution in [-0.4, -0.2) is 16.5 Å². The van der Waals surface area contributed by atoms with Crippen LogP contribution >= 0.6 is 11.6 Å². The van der Waals surface area contributed by atoms with E-state index in [0.717, 1.165) is 24.5 Å². The largest absolute Gasteiger partial charge is 0.370 e. The van der Waals surface area contributed by atoms with Gasteiger partial charge in [-0.25, -0.2) is 9.97 Å². The van der Waals surface area contributed by atoms with E-state index in [1.54, 1.807) is 0 Å². The minimum atomic E-state index is 0.302. The number of hydrogen-bond acceptors (Lipinski definition) is 3. The zero-order chi connectivity index (χ0) is 10.6. The maximum absolute atomic E-state index is 5.74. The zero-order valence-electron chi connectivity index (χ0n) is 8.84. The first-order valence-electron chi connectivity index (χ1n) is 4.87. The highest BCUT2D eigenvalue weighted by Crippen LogP contribution is 2.10. The minimum absolute atomic E-state index is 0.302. The third kappa shape index (κ3) is 3.50. The van der Waals surface area contributed by atoms with Crippen LogP contribution in [0, 0.1) is 12.8 Å². The number of aryl methyl sites for hydroxylation is 1. The number of nitrogens with zero attached hydrogens (tertiary/aromatic N) is 2. The van der Waals surface area contributed by atoms with E-state index in [2.05, 4.69) is 29.1 Å². The lowest BCUT2D eigenvalue weighted by molar-refractivity contribution is 0.592. The molecule has 14 heavy (non-hydrogen) atoms. The van der Waals surface area contributed by atoms with Gasteiger partial charge < -0.3 is 5.32 Å². The maximum atomic E-state index is 5.74. The van der Waals surface area contributed by atoms with Crippen molar-refractivity contribution in [3.05, 3.63) is 17.0 Å². The molecule has 3 nitrogen and oxygen atoms in total. The fourth-order valence-electron chi connectivity index (χ4n) is 1.05. The van der Waals surface area contributed by atoms with Crippen molar-refractivity contribution in [1.82, 2.24) is 9.97 Å². The molecule has 1 aromatic heterocycles. The number of aromatic nitrogens is 2. The summed E-state index contributed by atoms with van der Waals surface area (Å²) in [5.74, 6) is 1.45. The molecule has 1 heterocycles. The average molecular weight is 214 g/mol. The molecule has 0 amide bonds. The molecule has 0 saturated carbocycles. The number of anilines is 1. The van der Waals surface area contributed by atoms with E-state index in [4.69, 9.17) is 11.6 Å². The summed E-state index contributed by atoms with van der Waals surface area (Å²) in [5, 5.41) is 3.54. The van der Waals surface area contributed by atoms with Crippen LogP contribution in [0.1, 0.15) is 26.0 Å². The Hall–Kier alpha value is -0.830. The number of halogens is 1. The van der Waals surface area contributed by atoms with Gasteiger partial charge in [-0.2, -0.15) is 0 Å². The summed E-state index contributed by atoms with van der Waals surface area (Å²) in [4.78, 5) is 8.08. The fourth-order valence-corrected chi connectivity index (χ4v) is 1.27. The van der Waals surface area contributed by atoms with Crippen molar-refractivity contribution < 1.29 is 0 Å². The third-order valence-electron chi connectivity index (χ3n) is 2.16. The molecule has 1 unspecified atom stereocenters. The Morgan fingerprint density at radius 2 is 2.21 bits per heavy atom. The van der Waals surface area contributed by atoms with Crippen molar-refractivity contribution >= 4 is 17.4 Å². The molecule has 1 rings (SSSR count). The Kier molecular flexibility index (Phi) is 4.14. The van der Waals surface area contributed by atoms with Crippen LogP contribution in [-0.2, 0) is 0 Å². The molecule has 0 saturated heterocycles. The van der Waals surface area contributed by atoms with Crippen LogP contribution in [0.25, 0.3) is 0 Å². The molecule has 4 heteroatoms. The molecular weight excluding hydrogens is 198 g/mol. The van der Waals surface area contributed by atoms with Gasteiger partial charge in [0.05, 0.1) is 0 Å². The van der Waals surface area contributed by atoms with Crippen LogP contribution in [0.2, 0.25) is 5.28 Å². The first-order chi connectivity index (χ1) is 6.61. The zero-order valence-corrected chi connectivity index (χ0v) is 9.60. The normalized spacial score (nSPS) is 12.6. The van der Waals surface area contributed by atoms with Gasteiger partial charge in [0.15, 0.2) is 0 Å². The second-order valence-electron chi connectivity index (χ2n) is 3.56. The van der Waals surface area contributed by atoms with Crippen molar-refractivity contribution in [1.29, 1.82) is 0 Å². The lowest BCUT2D eigenvalue weighted by Gasteiger charge is -2.10. The topological polar surface area (TPSA) is 37.8 Å². The second kappa shape index (κ2) is 5.15. The van der Waals surface area contributed by atoms with Crippen LogP contribution in [0.3, 0.4) is 0 Å². The van der Waals surface area contributed by atoms with E-state index in [1.165, 1.54) is 0 Å². The minimum Gasteiger partial charge on any atom is -0.370 e. The first-order valence-corrected chi connectivity index (χ1v) is 5.24. The summed E-state index contributed by atoms with van der Waals surface area (Å²) in [6.07, 6.45) is 1.16. The standard InChI is InChI=1S/C10H16ClN3/c1-4-7(2)6-12-9-5-8(3)13-10(11)14-9/h5,7H,4,6H2,1-3H3,(H,12,13,14). The van der Waals surface area contributed by atoms with Gasteiger partial charge in [0.2, 0.25) is 5.28 Å². The quantitative estimate of drug-likeness (QED) is 0.782. The Bertz CT molecular complexity index is 281. The second-order valence-corrected chi connectivity index (χ2v) is 3.90. The molecule has 0 spiro atoms. The summed E-state index contributed by atoms with van der Waals surface area (Å²) < 4.78 is 0. The maximum Gasteiger partial charge on any atom is 0.224 e. The SMILES string of the molecule is CCC(C)CNc1cc(C)nc(Cl)n1. The molecule has 0 aliphatic carbocycles. The van der Waals surface area contributed by atoms with Gasteiger partial charge in [-0.3, -0.25) is 0 Å². The van der Waals surface area contributed by atoms with Gasteiger partial charge in [-0.05, 0) is 24.4 Å². The monoisotopic (exact) mass is 213 g/mol. The predicted molar refractivity (Wildman–Crippen MR) is 59.7 cm³/mol. The van der Waals surface area contributed by atoms with Gasteiger partial charge in [-0.15, -0.1) is 0 Å².